The van der Waals surface area contributed by atoms with E-state index in [1.807, 2.05) is 30.3 Å². The molecule has 1 aliphatic heterocycles. The van der Waals surface area contributed by atoms with Crippen molar-refractivity contribution in [3.8, 4) is 0 Å². The molecule has 142 valence electrons. The van der Waals surface area contributed by atoms with Crippen LogP contribution in [0.4, 0.5) is 5.69 Å². The van der Waals surface area contributed by atoms with Gasteiger partial charge < -0.3 is 10.6 Å². The van der Waals surface area contributed by atoms with Gasteiger partial charge in [-0.3, -0.25) is 8.15 Å². The number of anilines is 1. The van der Waals surface area contributed by atoms with Gasteiger partial charge in [0.05, 0.1) is 5.70 Å². The number of nitrogens with one attached hydrogen (secondary N) is 2. The summed E-state index contributed by atoms with van der Waals surface area (Å²) < 4.78 is 4.82. The third-order valence-electron chi connectivity index (χ3n) is 3.93. The number of hydrogen-bond donors (Lipinski definition) is 2. The summed E-state index contributed by atoms with van der Waals surface area (Å²) in [7, 11) is -0.475. The van der Waals surface area contributed by atoms with Crippen molar-refractivity contribution in [3.63, 3.8) is 0 Å². The van der Waals surface area contributed by atoms with E-state index in [0.29, 0.717) is 5.11 Å². The zero-order chi connectivity index (χ0) is 19.1. The molecule has 1 aliphatic rings. The van der Waals surface area contributed by atoms with E-state index in [9.17, 15) is 0 Å². The van der Waals surface area contributed by atoms with Crippen LogP contribution in [-0.2, 0) is 0 Å². The third-order valence-corrected chi connectivity index (χ3v) is 9.14. The van der Waals surface area contributed by atoms with E-state index in [0.717, 1.165) is 18.4 Å². The highest BCUT2D eigenvalue weighted by Crippen LogP contribution is 2.60. The molecule has 0 bridgehead atoms. The number of rotatable bonds is 7. The predicted octanol–water partition coefficient (Wildman–Crippen LogP) is 5.46. The van der Waals surface area contributed by atoms with Gasteiger partial charge in [-0.2, -0.15) is 0 Å². The molecular weight excluding hydrogens is 411 g/mol. The van der Waals surface area contributed by atoms with Gasteiger partial charge in [-0.05, 0) is 48.2 Å². The molecule has 0 amide bonds. The van der Waals surface area contributed by atoms with Crippen molar-refractivity contribution in [2.24, 2.45) is 0 Å². The first-order valence-electron chi connectivity index (χ1n) is 8.55. The summed E-state index contributed by atoms with van der Waals surface area (Å²) in [4.78, 5) is 0. The van der Waals surface area contributed by atoms with E-state index in [4.69, 9.17) is 12.2 Å². The summed E-state index contributed by atoms with van der Waals surface area (Å²) in [5, 5.41) is 7.24. The Bertz CT molecular complexity index is 773. The summed E-state index contributed by atoms with van der Waals surface area (Å²) in [6.07, 6.45) is 7.56. The van der Waals surface area contributed by atoms with Crippen molar-refractivity contribution in [3.05, 3.63) is 72.4 Å². The monoisotopic (exact) mass is 434 g/mol. The van der Waals surface area contributed by atoms with E-state index >= 15 is 0 Å². The molecule has 4 nitrogen and oxygen atoms in total. The van der Waals surface area contributed by atoms with Crippen LogP contribution in [0.25, 0.3) is 5.70 Å². The fraction of sp³-hybridized carbons (Fsp3) is 0.211. The van der Waals surface area contributed by atoms with E-state index in [-0.39, 0.29) is 0 Å². The first-order valence-corrected chi connectivity index (χ1v) is 12.8. The van der Waals surface area contributed by atoms with Gasteiger partial charge in [0.1, 0.15) is 8.22 Å². The molecule has 3 rings (SSSR count). The smallest absolute Gasteiger partial charge is 0.170 e. The Morgan fingerprint density at radius 1 is 1.00 bits per heavy atom. The highest BCUT2D eigenvalue weighted by atomic mass is 32.2. The van der Waals surface area contributed by atoms with Crippen molar-refractivity contribution in [2.75, 3.05) is 30.5 Å². The molecule has 0 aliphatic carbocycles. The second-order valence-electron chi connectivity index (χ2n) is 5.66. The topological polar surface area (TPSA) is 30.5 Å². The molecule has 2 aromatic carbocycles. The second kappa shape index (κ2) is 10.2. The van der Waals surface area contributed by atoms with Crippen LogP contribution >= 0.6 is 44.3 Å². The normalized spacial score (nSPS) is 16.2. The van der Waals surface area contributed by atoms with Gasteiger partial charge in [0, 0.05) is 42.7 Å². The van der Waals surface area contributed by atoms with E-state index < -0.39 is 8.22 Å². The predicted molar refractivity (Wildman–Crippen MR) is 128 cm³/mol. The molecular formula is C19H23N4PS3. The molecule has 0 fully saturated rings. The third kappa shape index (κ3) is 5.32. The minimum atomic E-state index is -0.475. The molecule has 1 atom stereocenters. The Kier molecular flexibility index (Phi) is 7.70. The summed E-state index contributed by atoms with van der Waals surface area (Å²) in [5.41, 5.74) is 3.53. The molecule has 27 heavy (non-hydrogen) atoms. The highest BCUT2D eigenvalue weighted by molar-refractivity contribution is 8.05. The summed E-state index contributed by atoms with van der Waals surface area (Å²) in [5.74, 6) is 0. The lowest BCUT2D eigenvalue weighted by molar-refractivity contribution is 0.918. The van der Waals surface area contributed by atoms with E-state index in [1.54, 1.807) is 23.9 Å². The molecule has 0 saturated heterocycles. The zero-order valence-corrected chi connectivity index (χ0v) is 18.7. The second-order valence-corrected chi connectivity index (χ2v) is 10.1. The lowest BCUT2D eigenvalue weighted by atomic mass is 10.2. The van der Waals surface area contributed by atoms with Gasteiger partial charge in [-0.25, -0.2) is 0 Å². The van der Waals surface area contributed by atoms with Crippen LogP contribution in [0.5, 0.6) is 0 Å². The molecule has 1 unspecified atom stereocenters. The molecule has 0 aromatic heterocycles. The largest absolute Gasteiger partial charge is 0.362 e. The molecule has 2 N–H and O–H groups in total. The van der Waals surface area contributed by atoms with Gasteiger partial charge >= 0.3 is 0 Å². The maximum absolute atomic E-state index is 5.43. The van der Waals surface area contributed by atoms with Gasteiger partial charge in [0.15, 0.2) is 5.11 Å². The van der Waals surface area contributed by atoms with Crippen LogP contribution in [0.15, 0.2) is 66.9 Å². The fourth-order valence-corrected chi connectivity index (χ4v) is 7.59. The molecule has 0 saturated carbocycles. The number of para-hydroxylation sites is 1. The molecule has 1 heterocycles. The highest BCUT2D eigenvalue weighted by Gasteiger charge is 2.32. The van der Waals surface area contributed by atoms with Crippen molar-refractivity contribution < 1.29 is 0 Å². The SMILES string of the molecule is CSN1C=C(c2ccccc2)N(SC)P1CCNC(=S)Nc1ccccc1. The standard InChI is InChI=1S/C19H23N4PS3/c1-26-22-15-18(16-9-5-3-6-10-16)23(27-2)24(22)14-13-20-19(25)21-17-11-7-4-8-12-17/h3-12,15H,13-14H2,1-2H3,(H2,20,21,25). The first-order chi connectivity index (χ1) is 13.2. The summed E-state index contributed by atoms with van der Waals surface area (Å²) >= 11 is 8.99. The molecule has 8 heteroatoms. The van der Waals surface area contributed by atoms with Crippen LogP contribution < -0.4 is 10.6 Å². The maximum Gasteiger partial charge on any atom is 0.170 e. The van der Waals surface area contributed by atoms with Crippen LogP contribution in [0.1, 0.15) is 5.56 Å². The van der Waals surface area contributed by atoms with Gasteiger partial charge in [-0.1, -0.05) is 48.5 Å². The first kappa shape index (κ1) is 20.3. The van der Waals surface area contributed by atoms with Crippen LogP contribution in [-0.4, -0.2) is 38.5 Å². The van der Waals surface area contributed by atoms with Gasteiger partial charge in [0.25, 0.3) is 0 Å². The van der Waals surface area contributed by atoms with Crippen molar-refractivity contribution in [1.82, 2.24) is 13.5 Å². The summed E-state index contributed by atoms with van der Waals surface area (Å²) in [6, 6.07) is 20.6. The maximum atomic E-state index is 5.43. The Hall–Kier alpha value is -1.40. The van der Waals surface area contributed by atoms with Crippen LogP contribution in [0.3, 0.4) is 0 Å². The van der Waals surface area contributed by atoms with Crippen molar-refractivity contribution in [2.45, 2.75) is 0 Å². The molecule has 0 radical (unpaired) electrons. The average Bonchev–Trinajstić information content (AvgIpc) is 3.07. The number of thiocarbonyl (C=S) groups is 1. The minimum Gasteiger partial charge on any atom is -0.362 e. The van der Waals surface area contributed by atoms with Gasteiger partial charge in [0.2, 0.25) is 0 Å². The number of nitrogens with zero attached hydrogens (tertiary/aromatic N) is 2. The Morgan fingerprint density at radius 3 is 2.30 bits per heavy atom. The molecule has 2 aromatic rings. The van der Waals surface area contributed by atoms with Crippen molar-refractivity contribution >= 4 is 60.8 Å². The Labute approximate surface area is 176 Å². The molecule has 0 spiro atoms. The average molecular weight is 435 g/mol. The number of hydrogen-bond acceptors (Lipinski definition) is 5. The van der Waals surface area contributed by atoms with E-state index in [1.165, 1.54) is 11.3 Å². The summed E-state index contributed by atoms with van der Waals surface area (Å²) in [6.45, 7) is 0.828. The van der Waals surface area contributed by atoms with Crippen LogP contribution in [0.2, 0.25) is 0 Å². The minimum absolute atomic E-state index is 0.475. The van der Waals surface area contributed by atoms with Gasteiger partial charge in [-0.15, -0.1) is 0 Å². The Morgan fingerprint density at radius 2 is 1.67 bits per heavy atom. The lowest BCUT2D eigenvalue weighted by Gasteiger charge is -2.30. The quantitative estimate of drug-likeness (QED) is 0.340. The lowest BCUT2D eigenvalue weighted by Crippen LogP contribution is -2.31. The fourth-order valence-electron chi connectivity index (χ4n) is 2.71. The van der Waals surface area contributed by atoms with E-state index in [2.05, 4.69) is 67.8 Å². The van der Waals surface area contributed by atoms with Crippen LogP contribution in [0, 0.1) is 0 Å². The Balaban J connectivity index is 1.58. The number of benzene rings is 2. The van der Waals surface area contributed by atoms with Crippen molar-refractivity contribution in [1.29, 1.82) is 0 Å². The zero-order valence-electron chi connectivity index (χ0n) is 15.3.